The molecule has 2 aromatic heterocycles. The second kappa shape index (κ2) is 5.98. The number of benzene rings is 2. The first-order chi connectivity index (χ1) is 11.7. The Bertz CT molecular complexity index is 1010. The Labute approximate surface area is 142 Å². The molecule has 0 amide bonds. The van der Waals surface area contributed by atoms with Crippen molar-refractivity contribution >= 4 is 34.2 Å². The monoisotopic (exact) mass is 339 g/mol. The summed E-state index contributed by atoms with van der Waals surface area (Å²) in [7, 11) is 0. The molecule has 0 aliphatic heterocycles. The molecule has 2 N–H and O–H groups in total. The molecule has 4 aromatic rings. The van der Waals surface area contributed by atoms with Gasteiger partial charge in [-0.15, -0.1) is 5.10 Å². The quantitative estimate of drug-likeness (QED) is 0.581. The van der Waals surface area contributed by atoms with Crippen LogP contribution in [-0.2, 0) is 6.42 Å². The Morgan fingerprint density at radius 1 is 1.21 bits per heavy atom. The van der Waals surface area contributed by atoms with Gasteiger partial charge in [0, 0.05) is 5.39 Å². The van der Waals surface area contributed by atoms with Crippen molar-refractivity contribution in [3.63, 3.8) is 0 Å². The number of anilines is 2. The average Bonchev–Trinajstić information content (AvgIpc) is 3.20. The molecule has 0 saturated heterocycles. The maximum absolute atomic E-state index is 6.37. The van der Waals surface area contributed by atoms with Gasteiger partial charge >= 0.3 is 6.01 Å². The molecule has 0 unspecified atom stereocenters. The number of H-pyrrole nitrogens is 1. The molecule has 0 saturated carbocycles. The van der Waals surface area contributed by atoms with Crippen LogP contribution in [0, 0.1) is 6.92 Å². The van der Waals surface area contributed by atoms with Crippen LogP contribution in [0.1, 0.15) is 17.0 Å². The number of rotatable bonds is 4. The lowest BCUT2D eigenvalue weighted by Gasteiger charge is -2.04. The number of aryl methyl sites for hydroxylation is 1. The minimum Gasteiger partial charge on any atom is -0.408 e. The van der Waals surface area contributed by atoms with Gasteiger partial charge in [-0.05, 0) is 24.6 Å². The van der Waals surface area contributed by atoms with Crippen LogP contribution in [0.4, 0.5) is 11.7 Å². The highest BCUT2D eigenvalue weighted by Gasteiger charge is 2.11. The summed E-state index contributed by atoms with van der Waals surface area (Å²) in [4.78, 5) is 0. The molecular weight excluding hydrogens is 326 g/mol. The van der Waals surface area contributed by atoms with E-state index in [9.17, 15) is 0 Å². The van der Waals surface area contributed by atoms with Crippen LogP contribution in [0.15, 0.2) is 47.0 Å². The molecule has 24 heavy (non-hydrogen) atoms. The molecule has 120 valence electrons. The fraction of sp³-hybridized carbons (Fsp3) is 0.118. The molecule has 0 spiro atoms. The lowest BCUT2D eigenvalue weighted by atomic mass is 10.1. The van der Waals surface area contributed by atoms with Gasteiger partial charge < -0.3 is 9.73 Å². The van der Waals surface area contributed by atoms with Crippen LogP contribution in [0.5, 0.6) is 0 Å². The van der Waals surface area contributed by atoms with Crippen molar-refractivity contribution in [1.29, 1.82) is 0 Å². The molecule has 7 heteroatoms. The number of halogens is 1. The highest BCUT2D eigenvalue weighted by atomic mass is 35.5. The van der Waals surface area contributed by atoms with Gasteiger partial charge in [-0.1, -0.05) is 46.5 Å². The van der Waals surface area contributed by atoms with E-state index in [2.05, 4.69) is 44.8 Å². The van der Waals surface area contributed by atoms with Crippen LogP contribution < -0.4 is 5.32 Å². The lowest BCUT2D eigenvalue weighted by molar-refractivity contribution is 0.521. The molecule has 0 bridgehead atoms. The van der Waals surface area contributed by atoms with E-state index in [0.717, 1.165) is 16.5 Å². The summed E-state index contributed by atoms with van der Waals surface area (Å²) in [5.41, 5.74) is 3.89. The van der Waals surface area contributed by atoms with E-state index in [1.54, 1.807) is 6.20 Å². The van der Waals surface area contributed by atoms with Gasteiger partial charge in [0.2, 0.25) is 5.89 Å². The molecule has 0 fully saturated rings. The number of hydrogen-bond acceptors (Lipinski definition) is 5. The Balaban J connectivity index is 1.55. The average molecular weight is 340 g/mol. The zero-order valence-corrected chi connectivity index (χ0v) is 13.6. The number of aromatic nitrogens is 4. The number of hydrogen-bond donors (Lipinski definition) is 2. The first-order valence-electron chi connectivity index (χ1n) is 7.45. The second-order valence-electron chi connectivity index (χ2n) is 5.55. The molecule has 2 heterocycles. The van der Waals surface area contributed by atoms with Crippen molar-refractivity contribution in [3.05, 3.63) is 64.6 Å². The zero-order chi connectivity index (χ0) is 16.5. The first kappa shape index (κ1) is 14.7. The lowest BCUT2D eigenvalue weighted by Crippen LogP contribution is -1.91. The van der Waals surface area contributed by atoms with Gasteiger partial charge in [-0.25, -0.2) is 0 Å². The van der Waals surface area contributed by atoms with E-state index in [1.165, 1.54) is 5.56 Å². The smallest absolute Gasteiger partial charge is 0.320 e. The van der Waals surface area contributed by atoms with E-state index in [4.69, 9.17) is 16.0 Å². The standard InChI is InChI=1S/C17H14ClN5O/c1-10-3-2-4-11(7-10)8-15-22-23-17(24-15)20-14-6-5-13-12(16(14)18)9-19-21-13/h2-7,9H,8H2,1H3,(H,19,21)(H,20,23). The summed E-state index contributed by atoms with van der Waals surface area (Å²) in [6.07, 6.45) is 2.27. The minimum absolute atomic E-state index is 0.308. The maximum atomic E-state index is 6.37. The third-order valence-electron chi connectivity index (χ3n) is 3.70. The molecule has 2 aromatic carbocycles. The number of aromatic amines is 1. The molecule has 6 nitrogen and oxygen atoms in total. The Morgan fingerprint density at radius 2 is 2.12 bits per heavy atom. The normalized spacial score (nSPS) is 11.1. The fourth-order valence-electron chi connectivity index (χ4n) is 2.57. The van der Waals surface area contributed by atoms with Gasteiger partial charge in [0.05, 0.1) is 28.8 Å². The SMILES string of the molecule is Cc1cccc(Cc2nnc(Nc3ccc4[nH]ncc4c3Cl)o2)c1. The van der Waals surface area contributed by atoms with E-state index in [1.807, 2.05) is 24.3 Å². The van der Waals surface area contributed by atoms with Gasteiger partial charge in [-0.3, -0.25) is 5.10 Å². The molecule has 0 aliphatic rings. The number of nitrogens with zero attached hydrogens (tertiary/aromatic N) is 3. The zero-order valence-electron chi connectivity index (χ0n) is 12.9. The van der Waals surface area contributed by atoms with Crippen LogP contribution >= 0.6 is 11.6 Å². The molecule has 0 aliphatic carbocycles. The summed E-state index contributed by atoms with van der Waals surface area (Å²) in [5, 5.41) is 19.4. The van der Waals surface area contributed by atoms with Crippen molar-refractivity contribution in [2.75, 3.05) is 5.32 Å². The summed E-state index contributed by atoms with van der Waals surface area (Å²) >= 11 is 6.37. The fourth-order valence-corrected chi connectivity index (χ4v) is 2.83. The minimum atomic E-state index is 0.308. The molecular formula is C17H14ClN5O. The third-order valence-corrected chi connectivity index (χ3v) is 4.11. The van der Waals surface area contributed by atoms with Gasteiger partial charge in [-0.2, -0.15) is 5.10 Å². The van der Waals surface area contributed by atoms with Crippen molar-refractivity contribution in [1.82, 2.24) is 20.4 Å². The Morgan fingerprint density at radius 3 is 3.00 bits per heavy atom. The van der Waals surface area contributed by atoms with E-state index < -0.39 is 0 Å². The third kappa shape index (κ3) is 2.83. The summed E-state index contributed by atoms with van der Waals surface area (Å²) in [5.74, 6) is 0.545. The highest BCUT2D eigenvalue weighted by molar-refractivity contribution is 6.38. The van der Waals surface area contributed by atoms with Crippen molar-refractivity contribution < 1.29 is 4.42 Å². The van der Waals surface area contributed by atoms with Crippen molar-refractivity contribution in [3.8, 4) is 0 Å². The molecule has 4 rings (SSSR count). The van der Waals surface area contributed by atoms with Crippen LogP contribution in [-0.4, -0.2) is 20.4 Å². The van der Waals surface area contributed by atoms with E-state index in [0.29, 0.717) is 29.0 Å². The van der Waals surface area contributed by atoms with E-state index in [-0.39, 0.29) is 0 Å². The van der Waals surface area contributed by atoms with Crippen LogP contribution in [0.3, 0.4) is 0 Å². The number of fused-ring (bicyclic) bond motifs is 1. The predicted octanol–water partition coefficient (Wildman–Crippen LogP) is 4.24. The first-order valence-corrected chi connectivity index (χ1v) is 7.83. The van der Waals surface area contributed by atoms with E-state index >= 15 is 0 Å². The van der Waals surface area contributed by atoms with Gasteiger partial charge in [0.1, 0.15) is 0 Å². The van der Waals surface area contributed by atoms with Gasteiger partial charge in [0.25, 0.3) is 0 Å². The van der Waals surface area contributed by atoms with Crippen LogP contribution in [0.25, 0.3) is 10.9 Å². The van der Waals surface area contributed by atoms with Crippen molar-refractivity contribution in [2.45, 2.75) is 13.3 Å². The molecule has 0 atom stereocenters. The summed E-state index contributed by atoms with van der Waals surface area (Å²) < 4.78 is 5.66. The van der Waals surface area contributed by atoms with Gasteiger partial charge in [0.15, 0.2) is 0 Å². The largest absolute Gasteiger partial charge is 0.408 e. The Kier molecular flexibility index (Phi) is 3.66. The summed E-state index contributed by atoms with van der Waals surface area (Å²) in [6.45, 7) is 2.05. The number of nitrogens with one attached hydrogen (secondary N) is 2. The Hall–Kier alpha value is -2.86. The van der Waals surface area contributed by atoms with Crippen LogP contribution in [0.2, 0.25) is 5.02 Å². The molecule has 0 radical (unpaired) electrons. The second-order valence-corrected chi connectivity index (χ2v) is 5.93. The predicted molar refractivity (Wildman–Crippen MR) is 92.7 cm³/mol. The van der Waals surface area contributed by atoms with Crippen molar-refractivity contribution in [2.24, 2.45) is 0 Å². The maximum Gasteiger partial charge on any atom is 0.320 e. The summed E-state index contributed by atoms with van der Waals surface area (Å²) in [6, 6.07) is 12.2. The topological polar surface area (TPSA) is 79.6 Å². The highest BCUT2D eigenvalue weighted by Crippen LogP contribution is 2.31.